The lowest BCUT2D eigenvalue weighted by atomic mass is 9.90. The van der Waals surface area contributed by atoms with E-state index in [4.69, 9.17) is 4.74 Å². The summed E-state index contributed by atoms with van der Waals surface area (Å²) >= 11 is 0. The van der Waals surface area contributed by atoms with E-state index in [2.05, 4.69) is 25.9 Å². The fourth-order valence-electron chi connectivity index (χ4n) is 1.30. The zero-order valence-corrected chi connectivity index (χ0v) is 11.2. The van der Waals surface area contributed by atoms with Crippen LogP contribution in [0.5, 0.6) is 0 Å². The highest BCUT2D eigenvalue weighted by Gasteiger charge is 2.23. The summed E-state index contributed by atoms with van der Waals surface area (Å²) in [5, 5.41) is 2.80. The Bertz CT molecular complexity index is 331. The van der Waals surface area contributed by atoms with Crippen molar-refractivity contribution < 1.29 is 4.74 Å². The Morgan fingerprint density at radius 2 is 2.12 bits per heavy atom. The molecule has 0 saturated heterocycles. The third-order valence-electron chi connectivity index (χ3n) is 2.98. The number of ether oxygens (including phenoxy) is 1. The Hall–Kier alpha value is -1.36. The molecule has 1 rings (SSSR count). The molecule has 1 unspecified atom stereocenters. The molecule has 1 atom stereocenters. The SMILES string of the molecule is CC(OCN1C=CN(C)/C1=C/N=O)C(C)(C)C. The van der Waals surface area contributed by atoms with Gasteiger partial charge in [0.1, 0.15) is 18.8 Å². The Morgan fingerprint density at radius 3 is 2.65 bits per heavy atom. The molecular formula is C12H21N3O2. The first-order valence-electron chi connectivity index (χ1n) is 5.68. The van der Waals surface area contributed by atoms with Gasteiger partial charge in [-0.25, -0.2) is 0 Å². The van der Waals surface area contributed by atoms with Gasteiger partial charge in [-0.1, -0.05) is 20.8 Å². The van der Waals surface area contributed by atoms with E-state index in [0.717, 1.165) is 5.82 Å². The predicted molar refractivity (Wildman–Crippen MR) is 67.5 cm³/mol. The largest absolute Gasteiger partial charge is 0.357 e. The number of hydrogen-bond donors (Lipinski definition) is 0. The van der Waals surface area contributed by atoms with E-state index in [1.807, 2.05) is 36.2 Å². The van der Waals surface area contributed by atoms with E-state index in [1.54, 1.807) is 0 Å². The second kappa shape index (κ2) is 5.31. The molecule has 0 N–H and O–H groups in total. The van der Waals surface area contributed by atoms with Crippen molar-refractivity contribution in [2.24, 2.45) is 10.6 Å². The Labute approximate surface area is 103 Å². The van der Waals surface area contributed by atoms with Gasteiger partial charge in [0, 0.05) is 19.4 Å². The Morgan fingerprint density at radius 1 is 1.47 bits per heavy atom. The summed E-state index contributed by atoms with van der Waals surface area (Å²) < 4.78 is 5.78. The summed E-state index contributed by atoms with van der Waals surface area (Å²) in [6.07, 6.45) is 5.15. The van der Waals surface area contributed by atoms with Crippen LogP contribution in [0.2, 0.25) is 0 Å². The van der Waals surface area contributed by atoms with Crippen LogP contribution in [-0.2, 0) is 4.74 Å². The van der Waals surface area contributed by atoms with Crippen LogP contribution in [0.3, 0.4) is 0 Å². The van der Waals surface area contributed by atoms with E-state index >= 15 is 0 Å². The maximum atomic E-state index is 10.3. The van der Waals surface area contributed by atoms with Crippen LogP contribution in [-0.4, -0.2) is 29.7 Å². The van der Waals surface area contributed by atoms with Crippen molar-refractivity contribution in [3.63, 3.8) is 0 Å². The first-order chi connectivity index (χ1) is 7.86. The molecular weight excluding hydrogens is 218 g/mol. The second-order valence-corrected chi connectivity index (χ2v) is 5.28. The summed E-state index contributed by atoms with van der Waals surface area (Å²) in [5.74, 6) is 0.723. The van der Waals surface area contributed by atoms with Crippen molar-refractivity contribution in [3.05, 3.63) is 29.3 Å². The maximum absolute atomic E-state index is 10.3. The monoisotopic (exact) mass is 239 g/mol. The van der Waals surface area contributed by atoms with Crippen LogP contribution >= 0.6 is 0 Å². The molecule has 0 bridgehead atoms. The third kappa shape index (κ3) is 3.56. The van der Waals surface area contributed by atoms with Crippen LogP contribution in [0.4, 0.5) is 0 Å². The minimum Gasteiger partial charge on any atom is -0.357 e. The van der Waals surface area contributed by atoms with Gasteiger partial charge < -0.3 is 14.5 Å². The third-order valence-corrected chi connectivity index (χ3v) is 2.98. The minimum atomic E-state index is 0.0993. The summed E-state index contributed by atoms with van der Waals surface area (Å²) in [7, 11) is 1.86. The number of hydrogen-bond acceptors (Lipinski definition) is 5. The summed E-state index contributed by atoms with van der Waals surface area (Å²) in [5.41, 5.74) is 0.0993. The van der Waals surface area contributed by atoms with Crippen LogP contribution in [0.15, 0.2) is 29.6 Å². The van der Waals surface area contributed by atoms with Gasteiger partial charge in [-0.15, -0.1) is 4.91 Å². The molecule has 0 saturated carbocycles. The molecule has 96 valence electrons. The molecule has 17 heavy (non-hydrogen) atoms. The highest BCUT2D eigenvalue weighted by Crippen LogP contribution is 2.23. The Kier molecular flexibility index (Phi) is 4.28. The smallest absolute Gasteiger partial charge is 0.136 e. The standard InChI is InChI=1S/C12H21N3O2/c1-10(12(2,3)4)17-9-15-7-6-14(5)11(15)8-13-16/h6-8,10H,9H2,1-5H3/b11-8-. The minimum absolute atomic E-state index is 0.0993. The molecule has 0 fully saturated rings. The lowest BCUT2D eigenvalue weighted by Gasteiger charge is -2.30. The molecule has 0 aliphatic carbocycles. The fraction of sp³-hybridized carbons (Fsp3) is 0.667. The summed E-state index contributed by atoms with van der Waals surface area (Å²) in [6.45, 7) is 8.86. The molecule has 5 nitrogen and oxygen atoms in total. The Balaban J connectivity index is 2.55. The van der Waals surface area contributed by atoms with E-state index in [0.29, 0.717) is 6.73 Å². The van der Waals surface area contributed by atoms with E-state index in [-0.39, 0.29) is 11.5 Å². The molecule has 1 aliphatic rings. The number of nitrogens with zero attached hydrogens (tertiary/aromatic N) is 3. The summed E-state index contributed by atoms with van der Waals surface area (Å²) in [6, 6.07) is 0. The van der Waals surface area contributed by atoms with E-state index in [9.17, 15) is 4.91 Å². The van der Waals surface area contributed by atoms with Gasteiger partial charge in [0.2, 0.25) is 0 Å². The maximum Gasteiger partial charge on any atom is 0.136 e. The number of rotatable bonds is 4. The summed E-state index contributed by atoms with van der Waals surface area (Å²) in [4.78, 5) is 14.0. The zero-order chi connectivity index (χ0) is 13.1. The van der Waals surface area contributed by atoms with E-state index < -0.39 is 0 Å². The van der Waals surface area contributed by atoms with Gasteiger partial charge in [-0.2, -0.15) is 0 Å². The van der Waals surface area contributed by atoms with Crippen molar-refractivity contribution in [2.45, 2.75) is 33.8 Å². The molecule has 1 heterocycles. The van der Waals surface area contributed by atoms with Gasteiger partial charge in [0.05, 0.1) is 6.10 Å². The lowest BCUT2D eigenvalue weighted by Crippen LogP contribution is -2.31. The fourth-order valence-corrected chi connectivity index (χ4v) is 1.30. The first kappa shape index (κ1) is 13.7. The van der Waals surface area contributed by atoms with Crippen molar-refractivity contribution in [2.75, 3.05) is 13.8 Å². The van der Waals surface area contributed by atoms with Gasteiger partial charge in [0.15, 0.2) is 0 Å². The van der Waals surface area contributed by atoms with E-state index in [1.165, 1.54) is 6.20 Å². The van der Waals surface area contributed by atoms with Crippen molar-refractivity contribution >= 4 is 0 Å². The van der Waals surface area contributed by atoms with Gasteiger partial charge >= 0.3 is 0 Å². The average molecular weight is 239 g/mol. The van der Waals surface area contributed by atoms with Crippen LogP contribution in [0.25, 0.3) is 0 Å². The number of nitroso groups, excluding NO2 is 1. The van der Waals surface area contributed by atoms with Gasteiger partial charge in [-0.3, -0.25) is 0 Å². The van der Waals surface area contributed by atoms with Crippen LogP contribution < -0.4 is 0 Å². The highest BCUT2D eigenvalue weighted by atomic mass is 16.5. The van der Waals surface area contributed by atoms with Gasteiger partial charge in [-0.05, 0) is 17.5 Å². The second-order valence-electron chi connectivity index (χ2n) is 5.28. The predicted octanol–water partition coefficient (Wildman–Crippen LogP) is 2.68. The normalized spacial score (nSPS) is 20.2. The average Bonchev–Trinajstić information content (AvgIpc) is 2.56. The molecule has 1 aliphatic heterocycles. The quantitative estimate of drug-likeness (QED) is 0.707. The topological polar surface area (TPSA) is 45.1 Å². The van der Waals surface area contributed by atoms with Crippen molar-refractivity contribution in [1.82, 2.24) is 9.80 Å². The van der Waals surface area contributed by atoms with Gasteiger partial charge in [0.25, 0.3) is 0 Å². The van der Waals surface area contributed by atoms with Crippen molar-refractivity contribution in [3.8, 4) is 0 Å². The molecule has 0 aromatic heterocycles. The van der Waals surface area contributed by atoms with Crippen LogP contribution in [0, 0.1) is 10.3 Å². The first-order valence-corrected chi connectivity index (χ1v) is 5.68. The molecule has 0 aromatic carbocycles. The molecule has 0 amide bonds. The molecule has 5 heteroatoms. The van der Waals surface area contributed by atoms with Crippen LogP contribution in [0.1, 0.15) is 27.7 Å². The van der Waals surface area contributed by atoms with Crippen molar-refractivity contribution in [1.29, 1.82) is 0 Å². The molecule has 0 aromatic rings. The zero-order valence-electron chi connectivity index (χ0n) is 11.2. The highest BCUT2D eigenvalue weighted by molar-refractivity contribution is 5.12. The molecule has 0 radical (unpaired) electrons. The molecule has 0 spiro atoms. The lowest BCUT2D eigenvalue weighted by molar-refractivity contribution is -0.0404.